The molecule has 0 atom stereocenters. The molecule has 0 saturated carbocycles. The number of carbonyl (C=O) groups is 1. The van der Waals surface area contributed by atoms with Gasteiger partial charge in [0.25, 0.3) is 0 Å². The third kappa shape index (κ3) is 2.30. The Balaban J connectivity index is 2.09. The standard InChI is InChI=1S/C16H14N2OS/c1-11-3-5-13(6-4-11)18-8-14(17-16(18)9-19)15-7-12(2)10-20-15/h3-10H,1-2H3. The molecule has 0 unspecified atom stereocenters. The van der Waals surface area contributed by atoms with E-state index in [1.54, 1.807) is 11.3 Å². The van der Waals surface area contributed by atoms with E-state index in [1.165, 1.54) is 11.1 Å². The monoisotopic (exact) mass is 282 g/mol. The number of aromatic nitrogens is 2. The maximum absolute atomic E-state index is 11.2. The smallest absolute Gasteiger partial charge is 0.185 e. The zero-order valence-corrected chi connectivity index (χ0v) is 12.1. The van der Waals surface area contributed by atoms with Gasteiger partial charge in [0.15, 0.2) is 12.1 Å². The lowest BCUT2D eigenvalue weighted by atomic mass is 10.2. The summed E-state index contributed by atoms with van der Waals surface area (Å²) in [5, 5.41) is 2.08. The average Bonchev–Trinajstić information content (AvgIpc) is 3.05. The number of carbonyl (C=O) groups excluding carboxylic acids is 1. The lowest BCUT2D eigenvalue weighted by Crippen LogP contribution is -1.98. The predicted molar refractivity (Wildman–Crippen MR) is 81.7 cm³/mol. The Hall–Kier alpha value is -2.20. The molecule has 3 rings (SSSR count). The zero-order chi connectivity index (χ0) is 14.1. The Labute approximate surface area is 121 Å². The van der Waals surface area contributed by atoms with Crippen LogP contribution in [0, 0.1) is 13.8 Å². The van der Waals surface area contributed by atoms with Gasteiger partial charge in [-0.3, -0.25) is 9.36 Å². The van der Waals surface area contributed by atoms with Gasteiger partial charge in [-0.1, -0.05) is 17.7 Å². The van der Waals surface area contributed by atoms with Crippen LogP contribution in [0.3, 0.4) is 0 Å². The van der Waals surface area contributed by atoms with Crippen LogP contribution in [0.15, 0.2) is 41.9 Å². The van der Waals surface area contributed by atoms with E-state index in [4.69, 9.17) is 0 Å². The Morgan fingerprint density at radius 3 is 2.50 bits per heavy atom. The molecule has 1 aromatic carbocycles. The second kappa shape index (κ2) is 5.06. The minimum atomic E-state index is 0.426. The molecule has 0 fully saturated rings. The molecule has 4 heteroatoms. The number of imidazole rings is 1. The summed E-state index contributed by atoms with van der Waals surface area (Å²) in [6.45, 7) is 4.09. The van der Waals surface area contributed by atoms with Crippen LogP contribution in [0.1, 0.15) is 21.7 Å². The molecule has 20 heavy (non-hydrogen) atoms. The van der Waals surface area contributed by atoms with Crippen molar-refractivity contribution in [3.63, 3.8) is 0 Å². The van der Waals surface area contributed by atoms with E-state index in [0.29, 0.717) is 5.82 Å². The Bertz CT molecular complexity index is 753. The summed E-state index contributed by atoms with van der Waals surface area (Å²) >= 11 is 1.64. The van der Waals surface area contributed by atoms with Crippen LogP contribution in [0.2, 0.25) is 0 Å². The number of benzene rings is 1. The van der Waals surface area contributed by atoms with Crippen LogP contribution in [-0.4, -0.2) is 15.8 Å². The predicted octanol–water partition coefficient (Wildman–Crippen LogP) is 4.03. The van der Waals surface area contributed by atoms with Crippen LogP contribution < -0.4 is 0 Å². The number of nitrogens with zero attached hydrogens (tertiary/aromatic N) is 2. The molecule has 0 spiro atoms. The quantitative estimate of drug-likeness (QED) is 0.680. The van der Waals surface area contributed by atoms with E-state index in [2.05, 4.69) is 23.4 Å². The van der Waals surface area contributed by atoms with Crippen molar-refractivity contribution in [1.29, 1.82) is 0 Å². The maximum Gasteiger partial charge on any atom is 0.185 e. The van der Waals surface area contributed by atoms with Crippen molar-refractivity contribution in [1.82, 2.24) is 9.55 Å². The van der Waals surface area contributed by atoms with Gasteiger partial charge in [-0.05, 0) is 43.0 Å². The third-order valence-corrected chi connectivity index (χ3v) is 4.20. The van der Waals surface area contributed by atoms with Crippen LogP contribution >= 0.6 is 11.3 Å². The number of thiophene rings is 1. The molecular weight excluding hydrogens is 268 g/mol. The van der Waals surface area contributed by atoms with E-state index in [0.717, 1.165) is 22.5 Å². The van der Waals surface area contributed by atoms with Crippen molar-refractivity contribution >= 4 is 17.6 Å². The van der Waals surface area contributed by atoms with Crippen molar-refractivity contribution in [3.05, 3.63) is 58.9 Å². The fourth-order valence-corrected chi connectivity index (χ4v) is 2.93. The summed E-state index contributed by atoms with van der Waals surface area (Å²) in [7, 11) is 0. The second-order valence-electron chi connectivity index (χ2n) is 4.80. The average molecular weight is 282 g/mol. The number of hydrogen-bond acceptors (Lipinski definition) is 3. The number of aryl methyl sites for hydroxylation is 2. The van der Waals surface area contributed by atoms with E-state index in [1.807, 2.05) is 42.0 Å². The molecule has 2 heterocycles. The van der Waals surface area contributed by atoms with Gasteiger partial charge in [0, 0.05) is 11.9 Å². The molecule has 0 aliphatic heterocycles. The molecule has 0 N–H and O–H groups in total. The summed E-state index contributed by atoms with van der Waals surface area (Å²) in [5.41, 5.74) is 4.19. The van der Waals surface area contributed by atoms with Gasteiger partial charge >= 0.3 is 0 Å². The minimum Gasteiger partial charge on any atom is -0.297 e. The van der Waals surface area contributed by atoms with Gasteiger partial charge in [0.1, 0.15) is 0 Å². The van der Waals surface area contributed by atoms with Crippen LogP contribution in [0.5, 0.6) is 0 Å². The van der Waals surface area contributed by atoms with Crippen LogP contribution in [-0.2, 0) is 0 Å². The van der Waals surface area contributed by atoms with Crippen molar-refractivity contribution in [3.8, 4) is 16.3 Å². The Kier molecular flexibility index (Phi) is 3.24. The Morgan fingerprint density at radius 2 is 1.90 bits per heavy atom. The maximum atomic E-state index is 11.2. The molecule has 0 saturated heterocycles. The normalized spacial score (nSPS) is 10.7. The highest BCUT2D eigenvalue weighted by Gasteiger charge is 2.11. The van der Waals surface area contributed by atoms with Crippen molar-refractivity contribution < 1.29 is 4.79 Å². The van der Waals surface area contributed by atoms with Gasteiger partial charge in [-0.25, -0.2) is 4.98 Å². The van der Waals surface area contributed by atoms with Crippen molar-refractivity contribution in [2.24, 2.45) is 0 Å². The number of hydrogen-bond donors (Lipinski definition) is 0. The molecule has 0 radical (unpaired) electrons. The van der Waals surface area contributed by atoms with E-state index in [9.17, 15) is 4.79 Å². The minimum absolute atomic E-state index is 0.426. The molecule has 0 aliphatic rings. The lowest BCUT2D eigenvalue weighted by molar-refractivity contribution is 0.111. The highest BCUT2D eigenvalue weighted by Crippen LogP contribution is 2.27. The van der Waals surface area contributed by atoms with Crippen molar-refractivity contribution in [2.75, 3.05) is 0 Å². The summed E-state index contributed by atoms with van der Waals surface area (Å²) in [6, 6.07) is 10.1. The first kappa shape index (κ1) is 12.8. The van der Waals surface area contributed by atoms with Gasteiger partial charge in [0.05, 0.1) is 10.6 Å². The highest BCUT2D eigenvalue weighted by molar-refractivity contribution is 7.13. The van der Waals surface area contributed by atoms with Crippen LogP contribution in [0.4, 0.5) is 0 Å². The molecular formula is C16H14N2OS. The second-order valence-corrected chi connectivity index (χ2v) is 5.71. The van der Waals surface area contributed by atoms with Crippen molar-refractivity contribution in [2.45, 2.75) is 13.8 Å². The van der Waals surface area contributed by atoms with Gasteiger partial charge in [-0.15, -0.1) is 11.3 Å². The fraction of sp³-hybridized carbons (Fsp3) is 0.125. The molecule has 2 aromatic heterocycles. The largest absolute Gasteiger partial charge is 0.297 e. The number of rotatable bonds is 3. The lowest BCUT2D eigenvalue weighted by Gasteiger charge is -2.03. The third-order valence-electron chi connectivity index (χ3n) is 3.13. The Morgan fingerprint density at radius 1 is 1.15 bits per heavy atom. The molecule has 0 bridgehead atoms. The first-order valence-corrected chi connectivity index (χ1v) is 7.22. The molecule has 0 amide bonds. The van der Waals surface area contributed by atoms with Gasteiger partial charge < -0.3 is 0 Å². The highest BCUT2D eigenvalue weighted by atomic mass is 32.1. The molecule has 0 aliphatic carbocycles. The summed E-state index contributed by atoms with van der Waals surface area (Å²) < 4.78 is 1.83. The fourth-order valence-electron chi connectivity index (χ4n) is 2.07. The first-order chi connectivity index (χ1) is 9.67. The topological polar surface area (TPSA) is 34.9 Å². The van der Waals surface area contributed by atoms with E-state index >= 15 is 0 Å². The summed E-state index contributed by atoms with van der Waals surface area (Å²) in [6.07, 6.45) is 2.71. The zero-order valence-electron chi connectivity index (χ0n) is 11.3. The molecule has 3 nitrogen and oxygen atoms in total. The summed E-state index contributed by atoms with van der Waals surface area (Å²) in [5.74, 6) is 0.426. The van der Waals surface area contributed by atoms with E-state index in [-0.39, 0.29) is 0 Å². The van der Waals surface area contributed by atoms with Crippen LogP contribution in [0.25, 0.3) is 16.3 Å². The van der Waals surface area contributed by atoms with E-state index < -0.39 is 0 Å². The summed E-state index contributed by atoms with van der Waals surface area (Å²) in [4.78, 5) is 16.7. The molecule has 100 valence electrons. The SMILES string of the molecule is Cc1ccc(-n2cc(-c3cc(C)cs3)nc2C=O)cc1. The number of aldehydes is 1. The van der Waals surface area contributed by atoms with Gasteiger partial charge in [0.2, 0.25) is 0 Å². The molecule has 3 aromatic rings. The first-order valence-electron chi connectivity index (χ1n) is 6.34. The van der Waals surface area contributed by atoms with Gasteiger partial charge in [-0.2, -0.15) is 0 Å².